The summed E-state index contributed by atoms with van der Waals surface area (Å²) in [5, 5.41) is 2.76. The summed E-state index contributed by atoms with van der Waals surface area (Å²) in [5.74, 6) is 0.488. The van der Waals surface area contributed by atoms with Gasteiger partial charge in [0.25, 0.3) is 10.1 Å². The number of methoxy groups -OCH3 is 1. The van der Waals surface area contributed by atoms with Gasteiger partial charge in [0.1, 0.15) is 19.0 Å². The molecule has 124 valence electrons. The smallest absolute Gasteiger partial charge is 0.264 e. The third-order valence-electron chi connectivity index (χ3n) is 2.54. The minimum absolute atomic E-state index is 0.0448. The van der Waals surface area contributed by atoms with Crippen LogP contribution in [0.15, 0.2) is 24.3 Å². The van der Waals surface area contributed by atoms with Crippen molar-refractivity contribution in [2.75, 3.05) is 38.5 Å². The van der Waals surface area contributed by atoms with Gasteiger partial charge >= 0.3 is 0 Å². The average Bonchev–Trinajstić information content (AvgIpc) is 2.44. The van der Waals surface area contributed by atoms with E-state index in [1.165, 1.54) is 0 Å². The molecule has 1 aromatic carbocycles. The van der Waals surface area contributed by atoms with Gasteiger partial charge in [-0.15, -0.1) is 0 Å². The first kappa shape index (κ1) is 18.4. The molecule has 0 heterocycles. The van der Waals surface area contributed by atoms with Crippen molar-refractivity contribution in [3.8, 4) is 5.75 Å². The second-order valence-corrected chi connectivity index (χ2v) is 6.19. The molecule has 0 aliphatic rings. The molecular weight excluding hydrogens is 310 g/mol. The molecule has 7 nitrogen and oxygen atoms in total. The maximum absolute atomic E-state index is 11.6. The lowest BCUT2D eigenvalue weighted by atomic mass is 10.2. The van der Waals surface area contributed by atoms with Crippen LogP contribution in [0, 0.1) is 0 Å². The first-order valence-corrected chi connectivity index (χ1v) is 8.58. The van der Waals surface area contributed by atoms with Crippen molar-refractivity contribution >= 4 is 21.7 Å². The SMILES string of the molecule is COCCCC(=O)Nc1ccc(OCCOS(C)(=O)=O)cc1. The van der Waals surface area contributed by atoms with Crippen molar-refractivity contribution in [1.82, 2.24) is 0 Å². The molecule has 0 radical (unpaired) electrons. The number of hydrogen-bond donors (Lipinski definition) is 1. The summed E-state index contributed by atoms with van der Waals surface area (Å²) in [5.41, 5.74) is 0.669. The third-order valence-corrected chi connectivity index (χ3v) is 3.13. The van der Waals surface area contributed by atoms with Crippen LogP contribution < -0.4 is 10.1 Å². The molecule has 0 atom stereocenters. The molecule has 22 heavy (non-hydrogen) atoms. The molecule has 0 saturated heterocycles. The van der Waals surface area contributed by atoms with Crippen LogP contribution in [0.5, 0.6) is 5.75 Å². The largest absolute Gasteiger partial charge is 0.491 e. The summed E-state index contributed by atoms with van der Waals surface area (Å²) in [6, 6.07) is 6.79. The Bertz CT molecular complexity index is 555. The van der Waals surface area contributed by atoms with E-state index in [2.05, 4.69) is 9.50 Å². The zero-order valence-corrected chi connectivity index (χ0v) is 13.5. The predicted molar refractivity (Wildman–Crippen MR) is 82.5 cm³/mol. The van der Waals surface area contributed by atoms with Crippen LogP contribution in [0.1, 0.15) is 12.8 Å². The fraction of sp³-hybridized carbons (Fsp3) is 0.500. The van der Waals surface area contributed by atoms with Crippen molar-refractivity contribution in [1.29, 1.82) is 0 Å². The summed E-state index contributed by atoms with van der Waals surface area (Å²) >= 11 is 0. The minimum atomic E-state index is -3.44. The van der Waals surface area contributed by atoms with Gasteiger partial charge in [-0.2, -0.15) is 8.42 Å². The molecule has 0 aliphatic carbocycles. The summed E-state index contributed by atoms with van der Waals surface area (Å²) in [7, 11) is -1.85. The summed E-state index contributed by atoms with van der Waals surface area (Å²) in [6.45, 7) is 0.627. The highest BCUT2D eigenvalue weighted by Crippen LogP contribution is 2.16. The highest BCUT2D eigenvalue weighted by Gasteiger charge is 2.03. The van der Waals surface area contributed by atoms with Crippen molar-refractivity contribution in [2.24, 2.45) is 0 Å². The first-order valence-electron chi connectivity index (χ1n) is 6.77. The number of anilines is 1. The quantitative estimate of drug-likeness (QED) is 0.515. The van der Waals surface area contributed by atoms with E-state index in [-0.39, 0.29) is 19.1 Å². The van der Waals surface area contributed by atoms with Gasteiger partial charge in [0.15, 0.2) is 0 Å². The van der Waals surface area contributed by atoms with Crippen LogP contribution in [0.3, 0.4) is 0 Å². The molecule has 0 fully saturated rings. The molecule has 0 spiro atoms. The van der Waals surface area contributed by atoms with Crippen LogP contribution in [0.25, 0.3) is 0 Å². The lowest BCUT2D eigenvalue weighted by Gasteiger charge is -2.08. The summed E-state index contributed by atoms with van der Waals surface area (Å²) in [4.78, 5) is 11.6. The van der Waals surface area contributed by atoms with E-state index in [0.717, 1.165) is 6.26 Å². The Labute approximate surface area is 130 Å². The van der Waals surface area contributed by atoms with Gasteiger partial charge in [-0.25, -0.2) is 0 Å². The Morgan fingerprint density at radius 1 is 1.14 bits per heavy atom. The van der Waals surface area contributed by atoms with Crippen LogP contribution in [0.4, 0.5) is 5.69 Å². The number of nitrogens with one attached hydrogen (secondary N) is 1. The number of ether oxygens (including phenoxy) is 2. The molecule has 1 amide bonds. The number of carbonyl (C=O) groups is 1. The maximum Gasteiger partial charge on any atom is 0.264 e. The zero-order chi connectivity index (χ0) is 16.4. The lowest BCUT2D eigenvalue weighted by Crippen LogP contribution is -2.12. The fourth-order valence-electron chi connectivity index (χ4n) is 1.58. The summed E-state index contributed by atoms with van der Waals surface area (Å²) in [6.07, 6.45) is 2.05. The second kappa shape index (κ2) is 9.39. The standard InChI is InChI=1S/C14H21NO6S/c1-19-9-3-4-14(16)15-12-5-7-13(8-6-12)20-10-11-21-22(2,17)18/h5-8H,3-4,9-11H2,1-2H3,(H,15,16). The molecule has 0 bridgehead atoms. The first-order chi connectivity index (χ1) is 10.4. The minimum Gasteiger partial charge on any atom is -0.491 e. The maximum atomic E-state index is 11.6. The van der Waals surface area contributed by atoms with E-state index < -0.39 is 10.1 Å². The van der Waals surface area contributed by atoms with Gasteiger partial charge in [0, 0.05) is 25.8 Å². The van der Waals surface area contributed by atoms with E-state index >= 15 is 0 Å². The topological polar surface area (TPSA) is 90.9 Å². The Kier molecular flexibility index (Phi) is 7.86. The average molecular weight is 331 g/mol. The lowest BCUT2D eigenvalue weighted by molar-refractivity contribution is -0.116. The number of amides is 1. The van der Waals surface area contributed by atoms with Gasteiger partial charge in [-0.05, 0) is 30.7 Å². The highest BCUT2D eigenvalue weighted by atomic mass is 32.2. The molecule has 1 N–H and O–H groups in total. The molecular formula is C14H21NO6S. The van der Waals surface area contributed by atoms with Gasteiger partial charge in [-0.3, -0.25) is 8.98 Å². The van der Waals surface area contributed by atoms with E-state index in [1.807, 2.05) is 0 Å². The Morgan fingerprint density at radius 2 is 1.82 bits per heavy atom. The van der Waals surface area contributed by atoms with Crippen molar-refractivity contribution < 1.29 is 26.9 Å². The van der Waals surface area contributed by atoms with Crippen molar-refractivity contribution in [2.45, 2.75) is 12.8 Å². The van der Waals surface area contributed by atoms with E-state index in [4.69, 9.17) is 9.47 Å². The number of benzene rings is 1. The molecule has 0 unspecified atom stereocenters. The molecule has 0 aromatic heterocycles. The number of hydrogen-bond acceptors (Lipinski definition) is 6. The monoisotopic (exact) mass is 331 g/mol. The molecule has 1 aromatic rings. The van der Waals surface area contributed by atoms with Crippen LogP contribution >= 0.6 is 0 Å². The van der Waals surface area contributed by atoms with Gasteiger partial charge in [0.05, 0.1) is 6.26 Å². The molecule has 8 heteroatoms. The van der Waals surface area contributed by atoms with E-state index in [1.54, 1.807) is 31.4 Å². The van der Waals surface area contributed by atoms with Crippen LogP contribution in [0.2, 0.25) is 0 Å². The van der Waals surface area contributed by atoms with Crippen molar-refractivity contribution in [3.63, 3.8) is 0 Å². The zero-order valence-electron chi connectivity index (χ0n) is 12.7. The third kappa shape index (κ3) is 8.60. The molecule has 1 rings (SSSR count). The Balaban J connectivity index is 2.32. The highest BCUT2D eigenvalue weighted by molar-refractivity contribution is 7.85. The molecule has 0 aliphatic heterocycles. The van der Waals surface area contributed by atoms with E-state index in [0.29, 0.717) is 30.9 Å². The summed E-state index contributed by atoms with van der Waals surface area (Å²) < 4.78 is 36.3. The number of rotatable bonds is 10. The predicted octanol–water partition coefficient (Wildman–Crippen LogP) is 1.41. The van der Waals surface area contributed by atoms with Crippen LogP contribution in [-0.2, 0) is 23.8 Å². The van der Waals surface area contributed by atoms with Crippen molar-refractivity contribution in [3.05, 3.63) is 24.3 Å². The fourth-order valence-corrected chi connectivity index (χ4v) is 1.95. The second-order valence-electron chi connectivity index (χ2n) is 4.54. The van der Waals surface area contributed by atoms with Crippen LogP contribution in [-0.4, -0.2) is 47.5 Å². The molecule has 0 saturated carbocycles. The Morgan fingerprint density at radius 3 is 2.41 bits per heavy atom. The normalized spacial score (nSPS) is 11.2. The van der Waals surface area contributed by atoms with E-state index in [9.17, 15) is 13.2 Å². The number of carbonyl (C=O) groups excluding carboxylic acids is 1. The van der Waals surface area contributed by atoms with Gasteiger partial charge in [0.2, 0.25) is 5.91 Å². The van der Waals surface area contributed by atoms with Gasteiger partial charge < -0.3 is 14.8 Å². The van der Waals surface area contributed by atoms with Gasteiger partial charge in [-0.1, -0.05) is 0 Å². The Hall–Kier alpha value is -1.64.